The van der Waals surface area contributed by atoms with E-state index >= 15 is 0 Å². The van der Waals surface area contributed by atoms with Crippen LogP contribution in [0.4, 0.5) is 0 Å². The molecule has 0 saturated heterocycles. The highest BCUT2D eigenvalue weighted by Crippen LogP contribution is 2.24. The zero-order valence-electron chi connectivity index (χ0n) is 16.7. The van der Waals surface area contributed by atoms with E-state index in [0.717, 1.165) is 48.1 Å². The van der Waals surface area contributed by atoms with Gasteiger partial charge < -0.3 is 9.64 Å². The zero-order valence-corrected chi connectivity index (χ0v) is 17.5. The standard InChI is InChI=1S/C22H26N4OS/c1-16(2)26-21(18-8-10-20(27-3)11-9-18)23-25(22(26)28)15-24-13-12-17-6-4-5-7-19(17)14-24/h4-11,16H,12-15H2,1-3H3/p+1. The fourth-order valence-corrected chi connectivity index (χ4v) is 4.32. The number of nitrogens with one attached hydrogen (secondary N) is 1. The predicted molar refractivity (Wildman–Crippen MR) is 113 cm³/mol. The molecule has 0 fully saturated rings. The van der Waals surface area contributed by atoms with Crippen LogP contribution < -0.4 is 9.64 Å². The maximum Gasteiger partial charge on any atom is 0.203 e. The van der Waals surface area contributed by atoms with Crippen LogP contribution in [0.3, 0.4) is 0 Å². The molecule has 3 aromatic rings. The number of benzene rings is 2. The van der Waals surface area contributed by atoms with Crippen molar-refractivity contribution in [3.63, 3.8) is 0 Å². The fraction of sp³-hybridized carbons (Fsp3) is 0.364. The molecule has 1 aromatic heterocycles. The first kappa shape index (κ1) is 18.9. The third kappa shape index (κ3) is 3.62. The summed E-state index contributed by atoms with van der Waals surface area (Å²) < 4.78 is 10.2. The van der Waals surface area contributed by atoms with Gasteiger partial charge in [-0.05, 0) is 55.9 Å². The molecule has 2 aromatic carbocycles. The lowest BCUT2D eigenvalue weighted by atomic mass is 10.0. The van der Waals surface area contributed by atoms with Gasteiger partial charge in [-0.3, -0.25) is 4.57 Å². The molecule has 146 valence electrons. The summed E-state index contributed by atoms with van der Waals surface area (Å²) in [5, 5.41) is 4.92. The van der Waals surface area contributed by atoms with Crippen LogP contribution in [-0.4, -0.2) is 28.0 Å². The number of hydrogen-bond acceptors (Lipinski definition) is 3. The summed E-state index contributed by atoms with van der Waals surface area (Å²) in [4.78, 5) is 1.49. The molecule has 0 radical (unpaired) electrons. The van der Waals surface area contributed by atoms with Crippen LogP contribution >= 0.6 is 12.2 Å². The van der Waals surface area contributed by atoms with Crippen molar-refractivity contribution in [1.29, 1.82) is 0 Å². The first-order chi connectivity index (χ1) is 13.6. The first-order valence-corrected chi connectivity index (χ1v) is 10.2. The van der Waals surface area contributed by atoms with Gasteiger partial charge in [-0.1, -0.05) is 24.3 Å². The Kier molecular flexibility index (Phi) is 5.33. The number of nitrogens with zero attached hydrogens (tertiary/aromatic N) is 3. The second-order valence-corrected chi connectivity index (χ2v) is 8.02. The number of aromatic nitrogens is 3. The number of hydrogen-bond donors (Lipinski definition) is 1. The van der Waals surface area contributed by atoms with Gasteiger partial charge in [-0.2, -0.15) is 4.68 Å². The minimum atomic E-state index is 0.246. The molecule has 0 saturated carbocycles. The molecule has 1 atom stereocenters. The highest BCUT2D eigenvalue weighted by Gasteiger charge is 2.22. The lowest BCUT2D eigenvalue weighted by Crippen LogP contribution is -3.11. The third-order valence-corrected chi connectivity index (χ3v) is 5.82. The van der Waals surface area contributed by atoms with Crippen LogP contribution in [0.5, 0.6) is 5.75 Å². The number of rotatable bonds is 5. The van der Waals surface area contributed by atoms with Crippen LogP contribution in [0.15, 0.2) is 48.5 Å². The van der Waals surface area contributed by atoms with Crippen molar-refractivity contribution in [3.8, 4) is 17.1 Å². The Bertz CT molecular complexity index is 1020. The van der Waals surface area contributed by atoms with Gasteiger partial charge in [0.25, 0.3) is 0 Å². The van der Waals surface area contributed by atoms with Gasteiger partial charge >= 0.3 is 0 Å². The minimum absolute atomic E-state index is 0.246. The average molecular weight is 396 g/mol. The number of methoxy groups -OCH3 is 1. The highest BCUT2D eigenvalue weighted by atomic mass is 32.1. The molecule has 0 spiro atoms. The second-order valence-electron chi connectivity index (χ2n) is 7.65. The van der Waals surface area contributed by atoms with Crippen molar-refractivity contribution in [2.45, 2.75) is 39.5 Å². The molecule has 0 aliphatic carbocycles. The van der Waals surface area contributed by atoms with E-state index in [4.69, 9.17) is 22.1 Å². The summed E-state index contributed by atoms with van der Waals surface area (Å²) in [7, 11) is 1.68. The third-order valence-electron chi connectivity index (χ3n) is 5.42. The molecule has 6 heteroatoms. The molecular weight excluding hydrogens is 368 g/mol. The van der Waals surface area contributed by atoms with Gasteiger partial charge in [0.05, 0.1) is 13.7 Å². The number of fused-ring (bicyclic) bond motifs is 1. The topological polar surface area (TPSA) is 36.4 Å². The maximum absolute atomic E-state index is 5.81. The summed E-state index contributed by atoms with van der Waals surface area (Å²) in [5.41, 5.74) is 3.97. The normalized spacial score (nSPS) is 16.2. The molecular formula is C22H27N4OS+. The monoisotopic (exact) mass is 395 g/mol. The Morgan fingerprint density at radius 1 is 1.11 bits per heavy atom. The van der Waals surface area contributed by atoms with Crippen molar-refractivity contribution in [1.82, 2.24) is 14.3 Å². The predicted octanol–water partition coefficient (Wildman–Crippen LogP) is 3.27. The maximum atomic E-state index is 5.81. The van der Waals surface area contributed by atoms with Crippen LogP contribution in [0, 0.1) is 4.77 Å². The van der Waals surface area contributed by atoms with E-state index in [0.29, 0.717) is 0 Å². The minimum Gasteiger partial charge on any atom is -0.497 e. The first-order valence-electron chi connectivity index (χ1n) is 9.81. The van der Waals surface area contributed by atoms with E-state index < -0.39 is 0 Å². The molecule has 0 bridgehead atoms. The molecule has 1 unspecified atom stereocenters. The zero-order chi connectivity index (χ0) is 19.7. The van der Waals surface area contributed by atoms with Crippen molar-refractivity contribution < 1.29 is 9.64 Å². The SMILES string of the molecule is COc1ccc(-c2nn(C[NH+]3CCc4ccccc4C3)c(=S)n2C(C)C)cc1. The molecule has 1 N–H and O–H groups in total. The quantitative estimate of drug-likeness (QED) is 0.674. The molecule has 1 aliphatic heterocycles. The number of ether oxygens (including phenoxy) is 1. The number of quaternary nitrogens is 1. The Balaban J connectivity index is 1.64. The fourth-order valence-electron chi connectivity index (χ4n) is 3.92. The van der Waals surface area contributed by atoms with E-state index in [1.807, 2.05) is 28.9 Å². The van der Waals surface area contributed by atoms with Crippen molar-refractivity contribution in [2.75, 3.05) is 13.7 Å². The van der Waals surface area contributed by atoms with Crippen molar-refractivity contribution >= 4 is 12.2 Å². The second kappa shape index (κ2) is 7.89. The van der Waals surface area contributed by atoms with Crippen LogP contribution in [0.1, 0.15) is 31.0 Å². The molecule has 4 rings (SSSR count). The van der Waals surface area contributed by atoms with Gasteiger partial charge in [-0.25, -0.2) is 0 Å². The molecule has 1 aliphatic rings. The van der Waals surface area contributed by atoms with Crippen LogP contribution in [0.2, 0.25) is 0 Å². The van der Waals surface area contributed by atoms with Crippen molar-refractivity contribution in [3.05, 3.63) is 64.4 Å². The van der Waals surface area contributed by atoms with Gasteiger partial charge in [0, 0.05) is 23.6 Å². The summed E-state index contributed by atoms with van der Waals surface area (Å²) >= 11 is 5.81. The lowest BCUT2D eigenvalue weighted by molar-refractivity contribution is -0.939. The van der Waals surface area contributed by atoms with Gasteiger partial charge in [-0.15, -0.1) is 5.10 Å². The van der Waals surface area contributed by atoms with Crippen molar-refractivity contribution in [2.24, 2.45) is 0 Å². The van der Waals surface area contributed by atoms with Gasteiger partial charge in [0.2, 0.25) is 4.77 Å². The lowest BCUT2D eigenvalue weighted by Gasteiger charge is -2.25. The van der Waals surface area contributed by atoms with Crippen LogP contribution in [0.25, 0.3) is 11.4 Å². The summed E-state index contributed by atoms with van der Waals surface area (Å²) in [5.74, 6) is 1.76. The van der Waals surface area contributed by atoms with E-state index in [2.05, 4.69) is 42.7 Å². The van der Waals surface area contributed by atoms with E-state index in [1.54, 1.807) is 7.11 Å². The smallest absolute Gasteiger partial charge is 0.203 e. The Morgan fingerprint density at radius 2 is 1.82 bits per heavy atom. The summed E-state index contributed by atoms with van der Waals surface area (Å²) in [6.07, 6.45) is 1.11. The highest BCUT2D eigenvalue weighted by molar-refractivity contribution is 7.71. The molecule has 28 heavy (non-hydrogen) atoms. The average Bonchev–Trinajstić information content (AvgIpc) is 3.04. The molecule has 2 heterocycles. The Morgan fingerprint density at radius 3 is 2.50 bits per heavy atom. The van der Waals surface area contributed by atoms with Crippen LogP contribution in [-0.2, 0) is 19.6 Å². The van der Waals surface area contributed by atoms with E-state index in [9.17, 15) is 0 Å². The summed E-state index contributed by atoms with van der Waals surface area (Å²) in [6, 6.07) is 17.0. The Hall–Kier alpha value is -2.44. The summed E-state index contributed by atoms with van der Waals surface area (Å²) in [6.45, 7) is 7.21. The molecule has 5 nitrogen and oxygen atoms in total. The molecule has 0 amide bonds. The van der Waals surface area contributed by atoms with E-state index in [-0.39, 0.29) is 6.04 Å². The largest absolute Gasteiger partial charge is 0.497 e. The van der Waals surface area contributed by atoms with Gasteiger partial charge in [0.1, 0.15) is 12.3 Å². The van der Waals surface area contributed by atoms with E-state index in [1.165, 1.54) is 16.0 Å². The van der Waals surface area contributed by atoms with Gasteiger partial charge in [0.15, 0.2) is 12.5 Å². The Labute approximate surface area is 171 Å².